The zero-order valence-corrected chi connectivity index (χ0v) is 26.0. The first kappa shape index (κ1) is 30.5. The molecule has 8 heteroatoms. The summed E-state index contributed by atoms with van der Waals surface area (Å²) in [6.45, 7) is 8.89. The highest BCUT2D eigenvalue weighted by atomic mass is 19.1. The van der Waals surface area contributed by atoms with Gasteiger partial charge >= 0.3 is 0 Å². The van der Waals surface area contributed by atoms with E-state index in [2.05, 4.69) is 13.8 Å². The van der Waals surface area contributed by atoms with Crippen molar-refractivity contribution in [1.82, 2.24) is 9.66 Å². The molecule has 1 heterocycles. The summed E-state index contributed by atoms with van der Waals surface area (Å²) >= 11 is 0. The van der Waals surface area contributed by atoms with E-state index in [9.17, 15) is 9.18 Å². The second-order valence-corrected chi connectivity index (χ2v) is 11.1. The molecular formula is C36H37FN4O3. The topological polar surface area (TPSA) is 69.0 Å². The van der Waals surface area contributed by atoms with Gasteiger partial charge < -0.3 is 14.4 Å². The smallest absolute Gasteiger partial charge is 0.282 e. The number of hydrogen-bond acceptors (Lipinski definition) is 6. The number of aromatic nitrogens is 2. The standard InChI is InChI=1S/C36H37FN4O3/c1-7-43-34-17-24(4)31(20-30(34)23(2)3)35-39-32-14-9-8-13-29(32)36(42)41(35)38-21-26-15-16-28(40(5)6)19-33(26)44-22-25-11-10-12-27(37)18-25/h8-21,23H,7,22H2,1-6H3. The lowest BCUT2D eigenvalue weighted by molar-refractivity contribution is 0.305. The van der Waals surface area contributed by atoms with Gasteiger partial charge in [-0.05, 0) is 85.0 Å². The molecule has 0 aliphatic heterocycles. The first-order valence-corrected chi connectivity index (χ1v) is 14.7. The Hall–Kier alpha value is -4.98. The number of fused-ring (bicyclic) bond motifs is 1. The van der Waals surface area contributed by atoms with Crippen molar-refractivity contribution >= 4 is 22.8 Å². The Morgan fingerprint density at radius 3 is 2.50 bits per heavy atom. The van der Waals surface area contributed by atoms with E-state index in [0.717, 1.165) is 28.1 Å². The molecule has 0 fully saturated rings. The van der Waals surface area contributed by atoms with Crippen molar-refractivity contribution in [3.8, 4) is 22.9 Å². The van der Waals surface area contributed by atoms with E-state index in [1.807, 2.05) is 87.4 Å². The lowest BCUT2D eigenvalue weighted by Crippen LogP contribution is -2.21. The van der Waals surface area contributed by atoms with E-state index in [4.69, 9.17) is 19.6 Å². The Kier molecular flexibility index (Phi) is 9.09. The van der Waals surface area contributed by atoms with Crippen LogP contribution in [-0.2, 0) is 6.61 Å². The highest BCUT2D eigenvalue weighted by Gasteiger charge is 2.19. The van der Waals surface area contributed by atoms with Crippen molar-refractivity contribution < 1.29 is 13.9 Å². The number of rotatable bonds is 10. The van der Waals surface area contributed by atoms with Crippen molar-refractivity contribution in [2.24, 2.45) is 5.10 Å². The molecule has 0 saturated carbocycles. The van der Waals surface area contributed by atoms with Crippen LogP contribution < -0.4 is 19.9 Å². The van der Waals surface area contributed by atoms with Crippen LogP contribution in [0.15, 0.2) is 88.8 Å². The Labute approximate surface area is 257 Å². The molecule has 44 heavy (non-hydrogen) atoms. The molecule has 0 radical (unpaired) electrons. The van der Waals surface area contributed by atoms with Gasteiger partial charge in [-0.3, -0.25) is 4.79 Å². The number of aryl methyl sites for hydroxylation is 1. The summed E-state index contributed by atoms with van der Waals surface area (Å²) < 4.78 is 27.3. The van der Waals surface area contributed by atoms with Gasteiger partial charge in [0, 0.05) is 37.0 Å². The molecular weight excluding hydrogens is 555 g/mol. The number of para-hydroxylation sites is 1. The van der Waals surface area contributed by atoms with Gasteiger partial charge in [0.05, 0.1) is 23.7 Å². The van der Waals surface area contributed by atoms with Crippen molar-refractivity contribution in [1.29, 1.82) is 0 Å². The number of halogens is 1. The minimum Gasteiger partial charge on any atom is -0.494 e. The molecule has 0 saturated heterocycles. The van der Waals surface area contributed by atoms with Crippen molar-refractivity contribution in [2.75, 3.05) is 25.6 Å². The molecule has 0 unspecified atom stereocenters. The fraction of sp³-hybridized carbons (Fsp3) is 0.250. The number of anilines is 1. The zero-order chi connectivity index (χ0) is 31.4. The zero-order valence-electron chi connectivity index (χ0n) is 26.0. The van der Waals surface area contributed by atoms with Gasteiger partial charge in [-0.15, -0.1) is 0 Å². The second-order valence-electron chi connectivity index (χ2n) is 11.1. The van der Waals surface area contributed by atoms with Crippen molar-refractivity contribution in [3.63, 3.8) is 0 Å². The van der Waals surface area contributed by atoms with Gasteiger partial charge in [0.1, 0.15) is 23.9 Å². The maximum Gasteiger partial charge on any atom is 0.282 e. The first-order valence-electron chi connectivity index (χ1n) is 14.7. The van der Waals surface area contributed by atoms with Gasteiger partial charge in [0.2, 0.25) is 0 Å². The molecule has 1 aromatic heterocycles. The van der Waals surface area contributed by atoms with Crippen molar-refractivity contribution in [3.05, 3.63) is 117 Å². The maximum absolute atomic E-state index is 13.9. The lowest BCUT2D eigenvalue weighted by atomic mass is 9.96. The quantitative estimate of drug-likeness (QED) is 0.157. The minimum absolute atomic E-state index is 0.168. The predicted octanol–water partition coefficient (Wildman–Crippen LogP) is 7.56. The summed E-state index contributed by atoms with van der Waals surface area (Å²) in [6.07, 6.45) is 1.61. The van der Waals surface area contributed by atoms with Crippen LogP contribution >= 0.6 is 0 Å². The Balaban J connectivity index is 1.65. The fourth-order valence-electron chi connectivity index (χ4n) is 5.02. The van der Waals surface area contributed by atoms with E-state index in [1.165, 1.54) is 16.8 Å². The Bertz CT molecular complexity index is 1900. The average Bonchev–Trinajstić information content (AvgIpc) is 3.00. The fourth-order valence-corrected chi connectivity index (χ4v) is 5.02. The van der Waals surface area contributed by atoms with Crippen LogP contribution in [0.1, 0.15) is 48.9 Å². The van der Waals surface area contributed by atoms with Crippen LogP contribution in [0, 0.1) is 12.7 Å². The van der Waals surface area contributed by atoms with Crippen LogP contribution in [0.2, 0.25) is 0 Å². The third-order valence-corrected chi connectivity index (χ3v) is 7.38. The van der Waals surface area contributed by atoms with Gasteiger partial charge in [-0.25, -0.2) is 9.37 Å². The first-order chi connectivity index (χ1) is 21.2. The predicted molar refractivity (Wildman–Crippen MR) is 176 cm³/mol. The highest BCUT2D eigenvalue weighted by Crippen LogP contribution is 2.34. The number of hydrogen-bond donors (Lipinski definition) is 0. The summed E-state index contributed by atoms with van der Waals surface area (Å²) in [5, 5.41) is 5.18. The average molecular weight is 593 g/mol. The van der Waals surface area contributed by atoms with E-state index >= 15 is 0 Å². The number of benzene rings is 4. The molecule has 0 N–H and O–H groups in total. The summed E-state index contributed by atoms with van der Waals surface area (Å²) in [6, 6.07) is 23.4. The van der Waals surface area contributed by atoms with Crippen LogP contribution in [0.4, 0.5) is 10.1 Å². The third kappa shape index (κ3) is 6.49. The second kappa shape index (κ2) is 13.1. The van der Waals surface area contributed by atoms with Crippen LogP contribution in [-0.4, -0.2) is 36.6 Å². The maximum atomic E-state index is 13.9. The summed E-state index contributed by atoms with van der Waals surface area (Å²) in [7, 11) is 3.88. The number of nitrogens with zero attached hydrogens (tertiary/aromatic N) is 4. The van der Waals surface area contributed by atoms with Gasteiger partial charge in [0.25, 0.3) is 5.56 Å². The van der Waals surface area contributed by atoms with E-state index < -0.39 is 0 Å². The Morgan fingerprint density at radius 2 is 1.77 bits per heavy atom. The molecule has 4 aromatic carbocycles. The van der Waals surface area contributed by atoms with Gasteiger partial charge in [-0.1, -0.05) is 38.1 Å². The lowest BCUT2D eigenvalue weighted by Gasteiger charge is -2.18. The SMILES string of the molecule is CCOc1cc(C)c(-c2nc3ccccc3c(=O)n2N=Cc2ccc(N(C)C)cc2OCc2cccc(F)c2)cc1C(C)C. The molecule has 7 nitrogen and oxygen atoms in total. The molecule has 0 spiro atoms. The molecule has 0 aliphatic carbocycles. The molecule has 0 aliphatic rings. The third-order valence-electron chi connectivity index (χ3n) is 7.38. The highest BCUT2D eigenvalue weighted by molar-refractivity contribution is 5.85. The van der Waals surface area contributed by atoms with Crippen LogP contribution in [0.3, 0.4) is 0 Å². The molecule has 0 atom stereocenters. The van der Waals surface area contributed by atoms with E-state index in [0.29, 0.717) is 40.2 Å². The number of ether oxygens (including phenoxy) is 2. The molecule has 5 rings (SSSR count). The van der Waals surface area contributed by atoms with Crippen molar-refractivity contribution in [2.45, 2.75) is 40.2 Å². The molecule has 0 amide bonds. The summed E-state index contributed by atoms with van der Waals surface area (Å²) in [5.41, 5.74) is 5.32. The largest absolute Gasteiger partial charge is 0.494 e. The minimum atomic E-state index is -0.323. The van der Waals surface area contributed by atoms with Crippen LogP contribution in [0.25, 0.3) is 22.3 Å². The van der Waals surface area contributed by atoms with E-state index in [1.54, 1.807) is 18.3 Å². The molecule has 226 valence electrons. The molecule has 0 bridgehead atoms. The van der Waals surface area contributed by atoms with Gasteiger partial charge in [-0.2, -0.15) is 9.78 Å². The van der Waals surface area contributed by atoms with Crippen LogP contribution in [0.5, 0.6) is 11.5 Å². The normalized spacial score (nSPS) is 11.5. The van der Waals surface area contributed by atoms with E-state index in [-0.39, 0.29) is 23.9 Å². The molecule has 5 aromatic rings. The summed E-state index contributed by atoms with van der Waals surface area (Å²) in [4.78, 5) is 20.8. The monoisotopic (exact) mass is 592 g/mol. The van der Waals surface area contributed by atoms with Gasteiger partial charge in [0.15, 0.2) is 5.82 Å². The Morgan fingerprint density at radius 1 is 0.977 bits per heavy atom. The summed E-state index contributed by atoms with van der Waals surface area (Å²) in [5.74, 6) is 1.67.